The SMILES string of the molecule is C#CCC(CC)NCC. The molecule has 52 valence electrons. The molecule has 1 atom stereocenters. The minimum Gasteiger partial charge on any atom is -0.313 e. The van der Waals surface area contributed by atoms with E-state index >= 15 is 0 Å². The minimum atomic E-state index is 0.528. The highest BCUT2D eigenvalue weighted by atomic mass is 14.9. The smallest absolute Gasteiger partial charge is 0.0240 e. The van der Waals surface area contributed by atoms with Crippen molar-refractivity contribution >= 4 is 0 Å². The fourth-order valence-electron chi connectivity index (χ4n) is 0.792. The fourth-order valence-corrected chi connectivity index (χ4v) is 0.792. The molecule has 0 heterocycles. The Hall–Kier alpha value is -0.480. The maximum absolute atomic E-state index is 5.15. The molecule has 1 unspecified atom stereocenters. The Morgan fingerprint density at radius 1 is 1.56 bits per heavy atom. The highest BCUT2D eigenvalue weighted by Gasteiger charge is 1.98. The highest BCUT2D eigenvalue weighted by Crippen LogP contribution is 1.93. The maximum Gasteiger partial charge on any atom is 0.0240 e. The summed E-state index contributed by atoms with van der Waals surface area (Å²) in [7, 11) is 0. The zero-order chi connectivity index (χ0) is 7.11. The second-order valence-corrected chi connectivity index (χ2v) is 2.07. The van der Waals surface area contributed by atoms with Crippen molar-refractivity contribution in [1.29, 1.82) is 0 Å². The molecule has 0 saturated heterocycles. The molecule has 0 aromatic rings. The molecular formula is C8H15N. The molecule has 1 nitrogen and oxygen atoms in total. The highest BCUT2D eigenvalue weighted by molar-refractivity contribution is 4.88. The Kier molecular flexibility index (Phi) is 5.35. The molecule has 0 radical (unpaired) electrons. The van der Waals surface area contributed by atoms with Crippen LogP contribution in [0.15, 0.2) is 0 Å². The van der Waals surface area contributed by atoms with E-state index in [1.54, 1.807) is 0 Å². The third-order valence-corrected chi connectivity index (χ3v) is 1.35. The van der Waals surface area contributed by atoms with Crippen LogP contribution in [0.1, 0.15) is 26.7 Å². The van der Waals surface area contributed by atoms with Gasteiger partial charge in [-0.2, -0.15) is 0 Å². The van der Waals surface area contributed by atoms with Crippen LogP contribution in [0.5, 0.6) is 0 Å². The normalized spacial score (nSPS) is 12.6. The van der Waals surface area contributed by atoms with E-state index in [2.05, 4.69) is 25.1 Å². The summed E-state index contributed by atoms with van der Waals surface area (Å²) in [5, 5.41) is 3.29. The van der Waals surface area contributed by atoms with E-state index in [-0.39, 0.29) is 0 Å². The molecular weight excluding hydrogens is 110 g/mol. The van der Waals surface area contributed by atoms with Crippen LogP contribution >= 0.6 is 0 Å². The second kappa shape index (κ2) is 5.65. The first-order chi connectivity index (χ1) is 4.35. The Labute approximate surface area is 57.8 Å². The Morgan fingerprint density at radius 2 is 2.22 bits per heavy atom. The van der Waals surface area contributed by atoms with Crippen molar-refractivity contribution in [3.63, 3.8) is 0 Å². The minimum absolute atomic E-state index is 0.528. The maximum atomic E-state index is 5.15. The molecule has 0 saturated carbocycles. The van der Waals surface area contributed by atoms with Crippen molar-refractivity contribution in [3.8, 4) is 12.3 Å². The molecule has 1 heteroatoms. The average molecular weight is 125 g/mol. The zero-order valence-electron chi connectivity index (χ0n) is 6.28. The first kappa shape index (κ1) is 8.52. The summed E-state index contributed by atoms with van der Waals surface area (Å²) in [6, 6.07) is 0.528. The molecule has 9 heavy (non-hydrogen) atoms. The molecule has 0 aliphatic heterocycles. The number of nitrogens with one attached hydrogen (secondary N) is 1. The third kappa shape index (κ3) is 4.05. The van der Waals surface area contributed by atoms with Crippen LogP contribution in [0, 0.1) is 12.3 Å². The first-order valence-electron chi connectivity index (χ1n) is 3.52. The predicted octanol–water partition coefficient (Wildman–Crippen LogP) is 1.40. The van der Waals surface area contributed by atoms with Gasteiger partial charge in [0, 0.05) is 12.5 Å². The summed E-state index contributed by atoms with van der Waals surface area (Å²) in [4.78, 5) is 0. The summed E-state index contributed by atoms with van der Waals surface area (Å²) in [6.07, 6.45) is 7.12. The van der Waals surface area contributed by atoms with Crippen molar-refractivity contribution in [2.75, 3.05) is 6.54 Å². The largest absolute Gasteiger partial charge is 0.313 e. The number of terminal acetylenes is 1. The summed E-state index contributed by atoms with van der Waals surface area (Å²) in [5.74, 6) is 2.64. The van der Waals surface area contributed by atoms with Crippen molar-refractivity contribution in [1.82, 2.24) is 5.32 Å². The van der Waals surface area contributed by atoms with Crippen LogP contribution < -0.4 is 5.32 Å². The second-order valence-electron chi connectivity index (χ2n) is 2.07. The quantitative estimate of drug-likeness (QED) is 0.560. The van der Waals surface area contributed by atoms with Crippen LogP contribution in [-0.2, 0) is 0 Å². The lowest BCUT2D eigenvalue weighted by Crippen LogP contribution is -2.27. The van der Waals surface area contributed by atoms with Crippen molar-refractivity contribution < 1.29 is 0 Å². The monoisotopic (exact) mass is 125 g/mol. The number of rotatable bonds is 4. The van der Waals surface area contributed by atoms with Gasteiger partial charge in [0.25, 0.3) is 0 Å². The van der Waals surface area contributed by atoms with Gasteiger partial charge >= 0.3 is 0 Å². The van der Waals surface area contributed by atoms with Crippen LogP contribution in [0.2, 0.25) is 0 Å². The molecule has 0 rings (SSSR count). The van der Waals surface area contributed by atoms with Gasteiger partial charge in [-0.05, 0) is 13.0 Å². The van der Waals surface area contributed by atoms with E-state index in [0.29, 0.717) is 6.04 Å². The number of hydrogen-bond acceptors (Lipinski definition) is 1. The first-order valence-corrected chi connectivity index (χ1v) is 3.52. The van der Waals surface area contributed by atoms with Gasteiger partial charge < -0.3 is 5.32 Å². The molecule has 0 aromatic heterocycles. The van der Waals surface area contributed by atoms with E-state index in [0.717, 1.165) is 19.4 Å². The van der Waals surface area contributed by atoms with Crippen LogP contribution in [-0.4, -0.2) is 12.6 Å². The summed E-state index contributed by atoms with van der Waals surface area (Å²) in [6.45, 7) is 5.25. The standard InChI is InChI=1S/C8H15N/c1-4-7-8(5-2)9-6-3/h1,8-9H,5-7H2,2-3H3. The molecule has 1 N–H and O–H groups in total. The Morgan fingerprint density at radius 3 is 2.56 bits per heavy atom. The predicted molar refractivity (Wildman–Crippen MR) is 41.2 cm³/mol. The van der Waals surface area contributed by atoms with Gasteiger partial charge in [0.15, 0.2) is 0 Å². The van der Waals surface area contributed by atoms with E-state index in [1.165, 1.54) is 0 Å². The van der Waals surface area contributed by atoms with Gasteiger partial charge in [-0.15, -0.1) is 12.3 Å². The lowest BCUT2D eigenvalue weighted by atomic mass is 10.1. The van der Waals surface area contributed by atoms with Crippen molar-refractivity contribution in [3.05, 3.63) is 0 Å². The van der Waals surface area contributed by atoms with Gasteiger partial charge in [0.05, 0.1) is 0 Å². The number of hydrogen-bond donors (Lipinski definition) is 1. The molecule has 0 fully saturated rings. The van der Waals surface area contributed by atoms with Gasteiger partial charge in [0.2, 0.25) is 0 Å². The third-order valence-electron chi connectivity index (χ3n) is 1.35. The van der Waals surface area contributed by atoms with Gasteiger partial charge in [-0.1, -0.05) is 13.8 Å². The molecule has 0 aromatic carbocycles. The van der Waals surface area contributed by atoms with E-state index in [1.807, 2.05) is 0 Å². The Bertz CT molecular complexity index is 91.2. The lowest BCUT2D eigenvalue weighted by molar-refractivity contribution is 0.524. The fraction of sp³-hybridized carbons (Fsp3) is 0.750. The van der Waals surface area contributed by atoms with Crippen LogP contribution in [0.4, 0.5) is 0 Å². The van der Waals surface area contributed by atoms with Crippen molar-refractivity contribution in [2.24, 2.45) is 0 Å². The van der Waals surface area contributed by atoms with Gasteiger partial charge in [-0.25, -0.2) is 0 Å². The van der Waals surface area contributed by atoms with Gasteiger partial charge in [0.1, 0.15) is 0 Å². The Balaban J connectivity index is 3.32. The lowest BCUT2D eigenvalue weighted by Gasteiger charge is -2.10. The summed E-state index contributed by atoms with van der Waals surface area (Å²) >= 11 is 0. The van der Waals surface area contributed by atoms with Crippen LogP contribution in [0.3, 0.4) is 0 Å². The molecule has 0 amide bonds. The van der Waals surface area contributed by atoms with Crippen LogP contribution in [0.25, 0.3) is 0 Å². The van der Waals surface area contributed by atoms with E-state index in [9.17, 15) is 0 Å². The average Bonchev–Trinajstić information content (AvgIpc) is 1.88. The summed E-state index contributed by atoms with van der Waals surface area (Å²) < 4.78 is 0. The topological polar surface area (TPSA) is 12.0 Å². The molecule has 0 bridgehead atoms. The molecule has 0 aliphatic carbocycles. The van der Waals surface area contributed by atoms with Crippen molar-refractivity contribution in [2.45, 2.75) is 32.7 Å². The molecule has 0 spiro atoms. The van der Waals surface area contributed by atoms with Gasteiger partial charge in [-0.3, -0.25) is 0 Å². The molecule has 0 aliphatic rings. The zero-order valence-corrected chi connectivity index (χ0v) is 6.28. The summed E-state index contributed by atoms with van der Waals surface area (Å²) in [5.41, 5.74) is 0. The van der Waals surface area contributed by atoms with E-state index < -0.39 is 0 Å². The van der Waals surface area contributed by atoms with E-state index in [4.69, 9.17) is 6.42 Å².